The number of esters is 1. The summed E-state index contributed by atoms with van der Waals surface area (Å²) >= 11 is 0. The first-order valence-electron chi connectivity index (χ1n) is 8.47. The minimum Gasteiger partial charge on any atom is -0.469 e. The fraction of sp³-hybridized carbons (Fsp3) is 0.611. The first-order chi connectivity index (χ1) is 11.8. The summed E-state index contributed by atoms with van der Waals surface area (Å²) < 4.78 is 43.4. The van der Waals surface area contributed by atoms with Gasteiger partial charge in [0.25, 0.3) is 0 Å². The molecule has 0 amide bonds. The van der Waals surface area contributed by atoms with E-state index in [-0.39, 0.29) is 23.5 Å². The smallest absolute Gasteiger partial charge is 0.416 e. The summed E-state index contributed by atoms with van der Waals surface area (Å²) in [6.07, 6.45) is -1.51. The quantitative estimate of drug-likeness (QED) is 0.814. The fourth-order valence-electron chi connectivity index (χ4n) is 3.58. The first kappa shape index (κ1) is 19.6. The van der Waals surface area contributed by atoms with Crippen LogP contribution in [0.1, 0.15) is 43.7 Å². The first-order valence-corrected chi connectivity index (χ1v) is 8.47. The van der Waals surface area contributed by atoms with E-state index in [1.165, 1.54) is 13.2 Å². The lowest BCUT2D eigenvalue weighted by molar-refractivity contribution is -0.146. The Bertz CT molecular complexity index is 596. The Kier molecular flexibility index (Phi) is 6.32. The molecule has 0 aromatic heterocycles. The molecule has 1 aromatic carbocycles. The SMILES string of the molecule is CCN(c1ccc(C(F)(F)F)cc1CO)C1CCC(C(=O)OC)CC1. The van der Waals surface area contributed by atoms with E-state index in [2.05, 4.69) is 0 Å². The molecule has 1 aromatic rings. The number of ether oxygens (including phenoxy) is 1. The van der Waals surface area contributed by atoms with Crippen LogP contribution in [0.3, 0.4) is 0 Å². The highest BCUT2D eigenvalue weighted by Gasteiger charge is 2.33. The zero-order valence-electron chi connectivity index (χ0n) is 14.5. The van der Waals surface area contributed by atoms with Crippen LogP contribution < -0.4 is 4.90 Å². The number of aliphatic hydroxyl groups is 1. The van der Waals surface area contributed by atoms with Gasteiger partial charge in [-0.1, -0.05) is 0 Å². The van der Waals surface area contributed by atoms with Gasteiger partial charge in [0, 0.05) is 23.8 Å². The lowest BCUT2D eigenvalue weighted by Crippen LogP contribution is -2.40. The van der Waals surface area contributed by atoms with E-state index in [1.807, 2.05) is 11.8 Å². The summed E-state index contributed by atoms with van der Waals surface area (Å²) in [4.78, 5) is 13.7. The largest absolute Gasteiger partial charge is 0.469 e. The molecule has 1 saturated carbocycles. The lowest BCUT2D eigenvalue weighted by Gasteiger charge is -2.38. The van der Waals surface area contributed by atoms with Gasteiger partial charge >= 0.3 is 12.1 Å². The number of hydrogen-bond acceptors (Lipinski definition) is 4. The molecule has 1 fully saturated rings. The second-order valence-corrected chi connectivity index (χ2v) is 6.31. The zero-order valence-corrected chi connectivity index (χ0v) is 14.5. The number of carbonyl (C=O) groups is 1. The average Bonchev–Trinajstić information content (AvgIpc) is 2.61. The number of halogens is 3. The van der Waals surface area contributed by atoms with Crippen molar-refractivity contribution in [3.8, 4) is 0 Å². The standard InChI is InChI=1S/C18H24F3NO3/c1-3-22(15-7-4-12(5-8-15)17(24)25-2)16-9-6-14(18(19,20)21)10-13(16)11-23/h6,9-10,12,15,23H,3-5,7-8,11H2,1-2H3. The number of anilines is 1. The number of alkyl halides is 3. The Hall–Kier alpha value is -1.76. The average molecular weight is 359 g/mol. The molecular formula is C18H24F3NO3. The van der Waals surface area contributed by atoms with Gasteiger partial charge in [0.1, 0.15) is 0 Å². The molecule has 7 heteroatoms. The van der Waals surface area contributed by atoms with Gasteiger partial charge in [-0.05, 0) is 50.8 Å². The van der Waals surface area contributed by atoms with Crippen LogP contribution in [0.15, 0.2) is 18.2 Å². The summed E-state index contributed by atoms with van der Waals surface area (Å²) in [5.41, 5.74) is 0.136. The summed E-state index contributed by atoms with van der Waals surface area (Å²) in [6, 6.07) is 3.63. The number of carbonyl (C=O) groups excluding carboxylic acids is 1. The molecular weight excluding hydrogens is 335 g/mol. The van der Waals surface area contributed by atoms with Gasteiger partial charge in [-0.2, -0.15) is 13.2 Å². The second kappa shape index (κ2) is 8.08. The van der Waals surface area contributed by atoms with Crippen LogP contribution in [-0.4, -0.2) is 30.8 Å². The van der Waals surface area contributed by atoms with Crippen molar-refractivity contribution < 1.29 is 27.8 Å². The highest BCUT2D eigenvalue weighted by atomic mass is 19.4. The summed E-state index contributed by atoms with van der Waals surface area (Å²) in [5, 5.41) is 9.54. The molecule has 0 atom stereocenters. The molecule has 0 radical (unpaired) electrons. The van der Waals surface area contributed by atoms with E-state index in [0.717, 1.165) is 25.0 Å². The Labute approximate surface area is 145 Å². The minimum absolute atomic E-state index is 0.107. The Morgan fingerprint density at radius 2 is 1.92 bits per heavy atom. The predicted molar refractivity (Wildman–Crippen MR) is 88.1 cm³/mol. The molecule has 140 valence electrons. The molecule has 0 spiro atoms. The van der Waals surface area contributed by atoms with Crippen LogP contribution >= 0.6 is 0 Å². The summed E-state index contributed by atoms with van der Waals surface area (Å²) in [7, 11) is 1.38. The number of benzene rings is 1. The third-order valence-electron chi connectivity index (χ3n) is 4.90. The van der Waals surface area contributed by atoms with E-state index < -0.39 is 18.3 Å². The van der Waals surface area contributed by atoms with E-state index in [9.17, 15) is 23.1 Å². The molecule has 25 heavy (non-hydrogen) atoms. The molecule has 4 nitrogen and oxygen atoms in total. The maximum atomic E-state index is 12.9. The normalized spacial score (nSPS) is 21.0. The van der Waals surface area contributed by atoms with Gasteiger partial charge in [0.2, 0.25) is 0 Å². The number of hydrogen-bond donors (Lipinski definition) is 1. The van der Waals surface area contributed by atoms with Crippen LogP contribution in [0.2, 0.25) is 0 Å². The van der Waals surface area contributed by atoms with Gasteiger partial charge in [-0.15, -0.1) is 0 Å². The van der Waals surface area contributed by atoms with Gasteiger partial charge in [-0.3, -0.25) is 4.79 Å². The van der Waals surface area contributed by atoms with Crippen LogP contribution in [0.5, 0.6) is 0 Å². The summed E-state index contributed by atoms with van der Waals surface area (Å²) in [5.74, 6) is -0.308. The van der Waals surface area contributed by atoms with E-state index >= 15 is 0 Å². The number of rotatable bonds is 5. The molecule has 0 saturated heterocycles. The third kappa shape index (κ3) is 4.45. The van der Waals surface area contributed by atoms with Crippen molar-refractivity contribution in [2.24, 2.45) is 5.92 Å². The van der Waals surface area contributed by atoms with Crippen molar-refractivity contribution in [1.82, 2.24) is 0 Å². The van der Waals surface area contributed by atoms with Crippen molar-refractivity contribution in [2.45, 2.75) is 51.4 Å². The maximum Gasteiger partial charge on any atom is 0.416 e. The number of aliphatic hydroxyl groups excluding tert-OH is 1. The van der Waals surface area contributed by atoms with Gasteiger partial charge in [0.15, 0.2) is 0 Å². The van der Waals surface area contributed by atoms with Crippen LogP contribution in [-0.2, 0) is 22.3 Å². The van der Waals surface area contributed by atoms with Gasteiger partial charge < -0.3 is 14.7 Å². The van der Waals surface area contributed by atoms with E-state index in [4.69, 9.17) is 4.74 Å². The summed E-state index contributed by atoms with van der Waals surface area (Å²) in [6.45, 7) is 2.10. The molecule has 1 aliphatic carbocycles. The van der Waals surface area contributed by atoms with Crippen molar-refractivity contribution in [3.63, 3.8) is 0 Å². The van der Waals surface area contributed by atoms with E-state index in [1.54, 1.807) is 0 Å². The molecule has 0 heterocycles. The highest BCUT2D eigenvalue weighted by molar-refractivity contribution is 5.72. The molecule has 1 N–H and O–H groups in total. The lowest BCUT2D eigenvalue weighted by atomic mass is 9.85. The minimum atomic E-state index is -4.43. The maximum absolute atomic E-state index is 12.9. The molecule has 0 unspecified atom stereocenters. The van der Waals surface area contributed by atoms with E-state index in [0.29, 0.717) is 25.1 Å². The third-order valence-corrected chi connectivity index (χ3v) is 4.90. The van der Waals surface area contributed by atoms with Crippen molar-refractivity contribution in [3.05, 3.63) is 29.3 Å². The van der Waals surface area contributed by atoms with Crippen molar-refractivity contribution in [1.29, 1.82) is 0 Å². The second-order valence-electron chi connectivity index (χ2n) is 6.31. The monoisotopic (exact) mass is 359 g/mol. The Morgan fingerprint density at radius 1 is 1.28 bits per heavy atom. The number of nitrogens with zero attached hydrogens (tertiary/aromatic N) is 1. The van der Waals surface area contributed by atoms with Crippen LogP contribution in [0.4, 0.5) is 18.9 Å². The number of methoxy groups -OCH3 is 1. The van der Waals surface area contributed by atoms with Gasteiger partial charge in [-0.25, -0.2) is 0 Å². The van der Waals surface area contributed by atoms with Crippen molar-refractivity contribution in [2.75, 3.05) is 18.6 Å². The molecule has 0 aliphatic heterocycles. The van der Waals surface area contributed by atoms with Crippen molar-refractivity contribution >= 4 is 11.7 Å². The topological polar surface area (TPSA) is 49.8 Å². The zero-order chi connectivity index (χ0) is 18.6. The van der Waals surface area contributed by atoms with Gasteiger partial charge in [0.05, 0.1) is 25.2 Å². The molecule has 0 bridgehead atoms. The predicted octanol–water partition coefficient (Wildman–Crippen LogP) is 3.76. The molecule has 1 aliphatic rings. The fourth-order valence-corrected chi connectivity index (χ4v) is 3.58. The Morgan fingerprint density at radius 3 is 2.40 bits per heavy atom. The highest BCUT2D eigenvalue weighted by Crippen LogP contribution is 2.36. The molecule has 2 rings (SSSR count). The van der Waals surface area contributed by atoms with Crippen LogP contribution in [0.25, 0.3) is 0 Å². The Balaban J connectivity index is 2.19. The van der Waals surface area contributed by atoms with Crippen LogP contribution in [0, 0.1) is 5.92 Å².